The van der Waals surface area contributed by atoms with Gasteiger partial charge in [0.15, 0.2) is 5.78 Å². The first-order chi connectivity index (χ1) is 12.2. The summed E-state index contributed by atoms with van der Waals surface area (Å²) in [5.74, 6) is -0.873. The minimum absolute atomic E-state index is 0.0741. The third-order valence-corrected chi connectivity index (χ3v) is 3.78. The molecule has 1 N–H and O–H groups in total. The Bertz CT molecular complexity index is 880. The second kappa shape index (κ2) is 7.61. The van der Waals surface area contributed by atoms with E-state index in [9.17, 15) is 14.8 Å². The quantitative estimate of drug-likeness (QED) is 0.575. The largest absolute Gasteiger partial charge is 0.621 e. The van der Waals surface area contributed by atoms with Gasteiger partial charge in [0.1, 0.15) is 5.69 Å². The van der Waals surface area contributed by atoms with E-state index in [1.165, 1.54) is 6.07 Å². The van der Waals surface area contributed by atoms with Crippen LogP contribution in [0.1, 0.15) is 26.4 Å². The number of para-hydroxylation sites is 1. The van der Waals surface area contributed by atoms with Crippen molar-refractivity contribution in [1.29, 1.82) is 0 Å². The molecule has 0 saturated heterocycles. The predicted octanol–water partition coefficient (Wildman–Crippen LogP) is 2.36. The molecule has 1 heterocycles. The molecule has 0 aliphatic heterocycles. The van der Waals surface area contributed by atoms with Crippen molar-refractivity contribution in [2.24, 2.45) is 0 Å². The summed E-state index contributed by atoms with van der Waals surface area (Å²) in [5, 5.41) is 11.9. The van der Waals surface area contributed by atoms with Crippen molar-refractivity contribution < 1.29 is 14.7 Å². The molecule has 5 nitrogen and oxygen atoms in total. The van der Waals surface area contributed by atoms with E-state index in [0.717, 1.165) is 0 Å². The summed E-state index contributed by atoms with van der Waals surface area (Å²) >= 11 is 0. The van der Waals surface area contributed by atoms with Gasteiger partial charge in [-0.05, 0) is 30.3 Å². The smallest absolute Gasteiger partial charge is 0.349 e. The van der Waals surface area contributed by atoms with Crippen LogP contribution in [0.15, 0.2) is 79.0 Å². The van der Waals surface area contributed by atoms with Gasteiger partial charge in [0.25, 0.3) is 0 Å². The Morgan fingerprint density at radius 2 is 1.56 bits per heavy atom. The molecular formula is C20H16N2O3. The molecule has 0 fully saturated rings. The number of ketones is 1. The van der Waals surface area contributed by atoms with E-state index >= 15 is 0 Å². The van der Waals surface area contributed by atoms with Gasteiger partial charge < -0.3 is 5.21 Å². The van der Waals surface area contributed by atoms with Crippen LogP contribution in [0, 0.1) is 5.21 Å². The van der Waals surface area contributed by atoms with Crippen molar-refractivity contribution >= 4 is 17.4 Å². The fourth-order valence-electron chi connectivity index (χ4n) is 2.53. The van der Waals surface area contributed by atoms with Crippen LogP contribution in [-0.4, -0.2) is 16.7 Å². The normalized spacial score (nSPS) is 11.7. The molecule has 124 valence electrons. The highest BCUT2D eigenvalue weighted by Crippen LogP contribution is 2.14. The summed E-state index contributed by atoms with van der Waals surface area (Å²) in [6.45, 7) is 0. The molecule has 1 atom stereocenters. The van der Waals surface area contributed by atoms with Gasteiger partial charge in [-0.25, -0.2) is 4.79 Å². The van der Waals surface area contributed by atoms with Crippen molar-refractivity contribution in [2.45, 2.75) is 6.42 Å². The lowest BCUT2D eigenvalue weighted by Crippen LogP contribution is -3.05. The number of quaternary nitrogens is 1. The van der Waals surface area contributed by atoms with Gasteiger partial charge in [0, 0.05) is 18.0 Å². The van der Waals surface area contributed by atoms with Crippen molar-refractivity contribution in [3.63, 3.8) is 0 Å². The van der Waals surface area contributed by atoms with E-state index < -0.39 is 11.0 Å². The van der Waals surface area contributed by atoms with Gasteiger partial charge in [-0.3, -0.25) is 14.8 Å². The molecule has 0 aliphatic carbocycles. The first-order valence-corrected chi connectivity index (χ1v) is 7.83. The summed E-state index contributed by atoms with van der Waals surface area (Å²) < 4.78 is 0. The van der Waals surface area contributed by atoms with E-state index in [2.05, 4.69) is 4.98 Å². The third-order valence-electron chi connectivity index (χ3n) is 3.78. The molecular weight excluding hydrogens is 316 g/mol. The van der Waals surface area contributed by atoms with E-state index in [4.69, 9.17) is 0 Å². The number of carbonyl (C=O) groups excluding carboxylic acids is 2. The molecule has 3 aromatic rings. The highest BCUT2D eigenvalue weighted by molar-refractivity contribution is 6.01. The number of benzene rings is 2. The maximum atomic E-state index is 12.6. The van der Waals surface area contributed by atoms with E-state index in [0.29, 0.717) is 11.3 Å². The van der Waals surface area contributed by atoms with Gasteiger partial charge >= 0.3 is 5.91 Å². The third kappa shape index (κ3) is 3.85. The number of hydrogen-bond acceptors (Lipinski definition) is 4. The maximum absolute atomic E-state index is 12.6. The number of aromatic nitrogens is 1. The summed E-state index contributed by atoms with van der Waals surface area (Å²) in [7, 11) is 0. The number of hydrogen-bond donors (Lipinski definition) is 1. The fourth-order valence-corrected chi connectivity index (χ4v) is 2.53. The Morgan fingerprint density at radius 1 is 0.880 bits per heavy atom. The summed E-state index contributed by atoms with van der Waals surface area (Å²) in [6, 6.07) is 20.0. The summed E-state index contributed by atoms with van der Waals surface area (Å²) in [5.41, 5.74) is 1.28. The molecule has 0 saturated carbocycles. The Labute approximate surface area is 145 Å². The van der Waals surface area contributed by atoms with Gasteiger partial charge in [-0.1, -0.05) is 36.4 Å². The van der Waals surface area contributed by atoms with E-state index in [1.807, 2.05) is 0 Å². The second-order valence-corrected chi connectivity index (χ2v) is 5.49. The van der Waals surface area contributed by atoms with Gasteiger partial charge in [-0.15, -0.1) is 0 Å². The van der Waals surface area contributed by atoms with Crippen LogP contribution in [0.4, 0.5) is 5.69 Å². The number of pyridine rings is 1. The predicted molar refractivity (Wildman–Crippen MR) is 93.5 cm³/mol. The average molecular weight is 332 g/mol. The molecule has 1 aromatic heterocycles. The molecule has 0 spiro atoms. The topological polar surface area (TPSA) is 74.5 Å². The molecule has 0 bridgehead atoms. The number of amides is 1. The van der Waals surface area contributed by atoms with E-state index in [1.54, 1.807) is 72.9 Å². The minimum Gasteiger partial charge on any atom is -0.621 e. The monoisotopic (exact) mass is 332 g/mol. The molecule has 0 radical (unpaired) electrons. The lowest BCUT2D eigenvalue weighted by molar-refractivity contribution is -0.679. The Morgan fingerprint density at radius 3 is 2.28 bits per heavy atom. The SMILES string of the molecule is O=C(Cc1ccccn1)c1ccccc1[NH+]([O-])C(=O)c1ccccc1. The number of nitrogens with one attached hydrogen (secondary N) is 1. The highest BCUT2D eigenvalue weighted by Gasteiger charge is 2.22. The molecule has 2 aromatic carbocycles. The zero-order valence-electron chi connectivity index (χ0n) is 13.4. The first-order valence-electron chi connectivity index (χ1n) is 7.83. The Kier molecular flexibility index (Phi) is 5.09. The van der Waals surface area contributed by atoms with Crippen LogP contribution < -0.4 is 5.06 Å². The van der Waals surface area contributed by atoms with Gasteiger partial charge in [-0.2, -0.15) is 0 Å². The molecule has 3 rings (SSSR count). The summed E-state index contributed by atoms with van der Waals surface area (Å²) in [4.78, 5) is 29.1. The Hall–Kier alpha value is -3.15. The van der Waals surface area contributed by atoms with Gasteiger partial charge in [0.2, 0.25) is 0 Å². The zero-order chi connectivity index (χ0) is 17.6. The number of nitrogens with zero attached hydrogens (tertiary/aromatic N) is 1. The maximum Gasteiger partial charge on any atom is 0.349 e. The highest BCUT2D eigenvalue weighted by atomic mass is 16.5. The van der Waals surface area contributed by atoms with Crippen LogP contribution in [-0.2, 0) is 6.42 Å². The number of carbonyl (C=O) groups is 2. The van der Waals surface area contributed by atoms with Crippen LogP contribution in [0.25, 0.3) is 0 Å². The first kappa shape index (κ1) is 16.7. The molecule has 5 heteroatoms. The Balaban J connectivity index is 1.88. The minimum atomic E-state index is -0.684. The van der Waals surface area contributed by atoms with Crippen LogP contribution in [0.5, 0.6) is 0 Å². The number of hydroxylamine groups is 1. The number of rotatable bonds is 5. The van der Waals surface area contributed by atoms with Crippen LogP contribution in [0.2, 0.25) is 0 Å². The van der Waals surface area contributed by atoms with E-state index in [-0.39, 0.29) is 23.5 Å². The van der Waals surface area contributed by atoms with Crippen molar-refractivity contribution in [3.8, 4) is 0 Å². The molecule has 1 amide bonds. The lowest BCUT2D eigenvalue weighted by atomic mass is 10.0. The molecule has 25 heavy (non-hydrogen) atoms. The average Bonchev–Trinajstić information content (AvgIpc) is 2.68. The van der Waals surface area contributed by atoms with Crippen LogP contribution >= 0.6 is 0 Å². The van der Waals surface area contributed by atoms with Crippen molar-refractivity contribution in [3.05, 3.63) is 101 Å². The fraction of sp³-hybridized carbons (Fsp3) is 0.0500. The number of Topliss-reactive ketones (excluding diaryl/α,β-unsaturated/α-hetero) is 1. The van der Waals surface area contributed by atoms with Crippen molar-refractivity contribution in [1.82, 2.24) is 4.98 Å². The van der Waals surface area contributed by atoms with Crippen molar-refractivity contribution in [2.75, 3.05) is 0 Å². The molecule has 0 aliphatic rings. The lowest BCUT2D eigenvalue weighted by Gasteiger charge is -2.21. The summed E-state index contributed by atoms with van der Waals surface area (Å²) in [6.07, 6.45) is 1.68. The van der Waals surface area contributed by atoms with Gasteiger partial charge in [0.05, 0.1) is 17.5 Å². The zero-order valence-corrected chi connectivity index (χ0v) is 13.4. The van der Waals surface area contributed by atoms with Crippen LogP contribution in [0.3, 0.4) is 0 Å². The molecule has 1 unspecified atom stereocenters. The standard InChI is InChI=1S/C20H16N2O3/c23-19(14-16-10-6-7-13-21-16)17-11-4-5-12-18(17)22(25)20(24)15-8-2-1-3-9-15/h1-13,22H,14H2. The second-order valence-electron chi connectivity index (χ2n) is 5.49.